The maximum absolute atomic E-state index is 12.6. The maximum atomic E-state index is 12.6. The quantitative estimate of drug-likeness (QED) is 0.402. The minimum atomic E-state index is -2.89. The number of alkyl halides is 2. The third kappa shape index (κ3) is 4.74. The Balaban J connectivity index is 1.73. The summed E-state index contributed by atoms with van der Waals surface area (Å²) in [6.07, 6.45) is 0. The van der Waals surface area contributed by atoms with E-state index in [1.54, 1.807) is 49.4 Å². The van der Waals surface area contributed by atoms with E-state index in [0.29, 0.717) is 22.5 Å². The third-order valence-electron chi connectivity index (χ3n) is 4.67. The first-order valence-corrected chi connectivity index (χ1v) is 9.27. The average molecular weight is 413 g/mol. The van der Waals surface area contributed by atoms with Gasteiger partial charge in [-0.1, -0.05) is 17.7 Å². The Labute approximate surface area is 172 Å². The molecule has 0 radical (unpaired) electrons. The van der Waals surface area contributed by atoms with Crippen LogP contribution in [-0.4, -0.2) is 29.5 Å². The van der Waals surface area contributed by atoms with E-state index in [1.165, 1.54) is 12.1 Å². The van der Waals surface area contributed by atoms with Gasteiger partial charge in [-0.3, -0.25) is 4.79 Å². The van der Waals surface area contributed by atoms with Gasteiger partial charge in [0.15, 0.2) is 6.61 Å². The smallest absolute Gasteiger partial charge is 0.387 e. The second kappa shape index (κ2) is 8.90. The van der Waals surface area contributed by atoms with Crippen molar-refractivity contribution in [2.75, 3.05) is 6.61 Å². The van der Waals surface area contributed by atoms with Crippen LogP contribution in [0.15, 0.2) is 54.6 Å². The number of carbonyl (C=O) groups excluding carboxylic acids is 2. The summed E-state index contributed by atoms with van der Waals surface area (Å²) in [6, 6.07) is 14.7. The minimum absolute atomic E-state index is 0.0514. The fourth-order valence-corrected chi connectivity index (χ4v) is 3.20. The van der Waals surface area contributed by atoms with Crippen LogP contribution in [0.3, 0.4) is 0 Å². The third-order valence-corrected chi connectivity index (χ3v) is 4.67. The molecule has 0 aliphatic carbocycles. The molecule has 0 saturated heterocycles. The van der Waals surface area contributed by atoms with Crippen LogP contribution < -0.4 is 4.74 Å². The fourth-order valence-electron chi connectivity index (χ4n) is 3.20. The molecule has 5 nitrogen and oxygen atoms in total. The van der Waals surface area contributed by atoms with Crippen molar-refractivity contribution in [3.05, 3.63) is 82.7 Å². The molecule has 0 N–H and O–H groups in total. The molecule has 7 heteroatoms. The number of nitrogens with zero attached hydrogens (tertiary/aromatic N) is 1. The van der Waals surface area contributed by atoms with E-state index in [2.05, 4.69) is 4.74 Å². The van der Waals surface area contributed by atoms with Crippen molar-refractivity contribution in [1.82, 2.24) is 4.57 Å². The van der Waals surface area contributed by atoms with Crippen molar-refractivity contribution >= 4 is 11.8 Å². The van der Waals surface area contributed by atoms with Crippen LogP contribution in [0.5, 0.6) is 5.75 Å². The topological polar surface area (TPSA) is 57.5 Å². The highest BCUT2D eigenvalue weighted by molar-refractivity contribution is 6.00. The number of ether oxygens (including phenoxy) is 2. The molecule has 0 bridgehead atoms. The number of aryl methyl sites for hydroxylation is 2. The Bertz CT molecular complexity index is 1050. The number of rotatable bonds is 7. The zero-order valence-electron chi connectivity index (χ0n) is 16.8. The van der Waals surface area contributed by atoms with Gasteiger partial charge >= 0.3 is 12.6 Å². The van der Waals surface area contributed by atoms with Gasteiger partial charge in [0.25, 0.3) is 0 Å². The first-order chi connectivity index (χ1) is 14.3. The van der Waals surface area contributed by atoms with E-state index < -0.39 is 12.6 Å². The van der Waals surface area contributed by atoms with Crippen molar-refractivity contribution in [2.45, 2.75) is 27.4 Å². The van der Waals surface area contributed by atoms with E-state index in [-0.39, 0.29) is 18.1 Å². The number of carbonyl (C=O) groups is 2. The number of hydrogen-bond acceptors (Lipinski definition) is 4. The van der Waals surface area contributed by atoms with Crippen molar-refractivity contribution in [3.8, 4) is 11.4 Å². The molecule has 0 spiro atoms. The van der Waals surface area contributed by atoms with Gasteiger partial charge in [0, 0.05) is 22.6 Å². The lowest BCUT2D eigenvalue weighted by Gasteiger charge is -2.11. The molecule has 0 saturated carbocycles. The lowest BCUT2D eigenvalue weighted by molar-refractivity contribution is -0.0498. The Morgan fingerprint density at radius 1 is 0.967 bits per heavy atom. The average Bonchev–Trinajstić information content (AvgIpc) is 3.01. The van der Waals surface area contributed by atoms with Crippen LogP contribution in [0.25, 0.3) is 5.69 Å². The van der Waals surface area contributed by atoms with Gasteiger partial charge in [-0.05, 0) is 63.2 Å². The molecule has 0 amide bonds. The Hall–Kier alpha value is -3.48. The summed E-state index contributed by atoms with van der Waals surface area (Å²) in [5, 5.41) is 0. The van der Waals surface area contributed by atoms with Crippen LogP contribution in [0.1, 0.15) is 37.7 Å². The van der Waals surface area contributed by atoms with Crippen molar-refractivity contribution in [2.24, 2.45) is 0 Å². The molecule has 0 fully saturated rings. The molecule has 0 aliphatic heterocycles. The van der Waals surface area contributed by atoms with Crippen LogP contribution in [-0.2, 0) is 4.74 Å². The second-order valence-electron chi connectivity index (χ2n) is 6.86. The molecule has 0 atom stereocenters. The normalized spacial score (nSPS) is 10.9. The molecule has 0 aliphatic rings. The van der Waals surface area contributed by atoms with Crippen molar-refractivity contribution < 1.29 is 27.8 Å². The lowest BCUT2D eigenvalue weighted by Crippen LogP contribution is -2.15. The number of halogens is 2. The first kappa shape index (κ1) is 21.2. The summed E-state index contributed by atoms with van der Waals surface area (Å²) >= 11 is 0. The fraction of sp³-hybridized carbons (Fsp3) is 0.217. The van der Waals surface area contributed by atoms with Gasteiger partial charge in [-0.2, -0.15) is 8.78 Å². The molecule has 1 aromatic heterocycles. The number of aromatic nitrogens is 1. The summed E-state index contributed by atoms with van der Waals surface area (Å²) in [6.45, 7) is 2.24. The molecule has 156 valence electrons. The van der Waals surface area contributed by atoms with Crippen LogP contribution in [0.4, 0.5) is 8.78 Å². The van der Waals surface area contributed by atoms with E-state index in [0.717, 1.165) is 11.3 Å². The highest BCUT2D eigenvalue weighted by atomic mass is 19.3. The van der Waals surface area contributed by atoms with Crippen LogP contribution in [0.2, 0.25) is 0 Å². The zero-order chi connectivity index (χ0) is 21.8. The molecule has 0 unspecified atom stereocenters. The largest absolute Gasteiger partial charge is 0.454 e. The van der Waals surface area contributed by atoms with E-state index >= 15 is 0 Å². The number of benzene rings is 2. The van der Waals surface area contributed by atoms with Crippen LogP contribution >= 0.6 is 0 Å². The van der Waals surface area contributed by atoms with Crippen molar-refractivity contribution in [1.29, 1.82) is 0 Å². The Kier molecular flexibility index (Phi) is 6.30. The highest BCUT2D eigenvalue weighted by Crippen LogP contribution is 2.24. The number of ketones is 1. The SMILES string of the molecule is Cc1ccc(C(=O)OCC(=O)c2cc(C)n(-c3ccc(OC(F)F)cc3)c2C)cc1. The number of esters is 1. The molecule has 3 aromatic rings. The van der Waals surface area contributed by atoms with Gasteiger partial charge in [0.2, 0.25) is 5.78 Å². The van der Waals surface area contributed by atoms with Crippen molar-refractivity contribution in [3.63, 3.8) is 0 Å². The number of hydrogen-bond donors (Lipinski definition) is 0. The molecular weight excluding hydrogens is 392 g/mol. The predicted octanol–water partition coefficient (Wildman–Crippen LogP) is 5.04. The minimum Gasteiger partial charge on any atom is -0.454 e. The molecule has 3 rings (SSSR count). The number of Topliss-reactive ketones (excluding diaryl/α,β-unsaturated/α-hetero) is 1. The molecular formula is C23H21F2NO4. The first-order valence-electron chi connectivity index (χ1n) is 9.27. The van der Waals surface area contributed by atoms with Gasteiger partial charge in [0.05, 0.1) is 5.56 Å². The van der Waals surface area contributed by atoms with Gasteiger partial charge in [-0.25, -0.2) is 4.79 Å². The maximum Gasteiger partial charge on any atom is 0.387 e. The monoisotopic (exact) mass is 413 g/mol. The summed E-state index contributed by atoms with van der Waals surface area (Å²) in [5.74, 6) is -0.838. The summed E-state index contributed by atoms with van der Waals surface area (Å²) in [5.41, 5.74) is 3.96. The summed E-state index contributed by atoms with van der Waals surface area (Å²) < 4.78 is 36.0. The van der Waals surface area contributed by atoms with Gasteiger partial charge in [-0.15, -0.1) is 0 Å². The lowest BCUT2D eigenvalue weighted by atomic mass is 10.1. The molecule has 30 heavy (non-hydrogen) atoms. The van der Waals surface area contributed by atoms with E-state index in [4.69, 9.17) is 4.74 Å². The van der Waals surface area contributed by atoms with E-state index in [9.17, 15) is 18.4 Å². The zero-order valence-corrected chi connectivity index (χ0v) is 16.8. The Morgan fingerprint density at radius 3 is 2.20 bits per heavy atom. The van der Waals surface area contributed by atoms with Crippen LogP contribution in [0, 0.1) is 20.8 Å². The summed E-state index contributed by atoms with van der Waals surface area (Å²) in [4.78, 5) is 24.8. The predicted molar refractivity (Wildman–Crippen MR) is 108 cm³/mol. The second-order valence-corrected chi connectivity index (χ2v) is 6.86. The molecule has 1 heterocycles. The molecule has 2 aromatic carbocycles. The standard InChI is InChI=1S/C23H21F2NO4/c1-14-4-6-17(7-5-14)22(28)29-13-21(27)20-12-15(2)26(16(20)3)18-8-10-19(11-9-18)30-23(24)25/h4-12,23H,13H2,1-3H3. The Morgan fingerprint density at radius 2 is 1.60 bits per heavy atom. The highest BCUT2D eigenvalue weighted by Gasteiger charge is 2.19. The van der Waals surface area contributed by atoms with Gasteiger partial charge < -0.3 is 14.0 Å². The summed E-state index contributed by atoms with van der Waals surface area (Å²) in [7, 11) is 0. The van der Waals surface area contributed by atoms with Gasteiger partial charge in [0.1, 0.15) is 5.75 Å². The van der Waals surface area contributed by atoms with E-state index in [1.807, 2.05) is 18.4 Å².